The molecule has 1 aromatic heterocycles. The first kappa shape index (κ1) is 14.9. The maximum Gasteiger partial charge on any atom is 0.426 e. The normalized spacial score (nSPS) is 10.8. The second-order valence-corrected chi connectivity index (χ2v) is 5.09. The molecule has 0 amide bonds. The quantitative estimate of drug-likeness (QED) is 0.578. The molecule has 0 unspecified atom stereocenters. The Labute approximate surface area is 132 Å². The number of hydrogen-bond acceptors (Lipinski definition) is 5. The number of benzene rings is 2. The van der Waals surface area contributed by atoms with Gasteiger partial charge >= 0.3 is 5.76 Å². The van der Waals surface area contributed by atoms with Crippen molar-refractivity contribution >= 4 is 22.7 Å². The number of fused-ring (bicyclic) bond motifs is 1. The molecule has 2 N–H and O–H groups in total. The minimum absolute atomic E-state index is 0.186. The van der Waals surface area contributed by atoms with E-state index in [9.17, 15) is 9.59 Å². The van der Waals surface area contributed by atoms with Crippen LogP contribution in [-0.4, -0.2) is 17.1 Å². The summed E-state index contributed by atoms with van der Waals surface area (Å²) >= 11 is 0. The molecule has 3 rings (SSSR count). The summed E-state index contributed by atoms with van der Waals surface area (Å²) in [6.07, 6.45) is 0.688. The lowest BCUT2D eigenvalue weighted by Crippen LogP contribution is -2.22. The van der Waals surface area contributed by atoms with Gasteiger partial charge in [-0.2, -0.15) is 0 Å². The number of oxazole rings is 1. The Balaban J connectivity index is 1.65. The number of anilines is 1. The molecular weight excluding hydrogens is 296 g/mol. The summed E-state index contributed by atoms with van der Waals surface area (Å²) in [5, 5.41) is 0. The first-order valence-corrected chi connectivity index (χ1v) is 7.27. The number of carbonyl (C=O) groups excluding carboxylic acids is 1. The van der Waals surface area contributed by atoms with Gasteiger partial charge in [-0.05, 0) is 30.7 Å². The largest absolute Gasteiger partial charge is 0.494 e. The molecule has 0 aliphatic carbocycles. The van der Waals surface area contributed by atoms with Crippen molar-refractivity contribution in [1.29, 1.82) is 0 Å². The molecule has 0 aliphatic heterocycles. The van der Waals surface area contributed by atoms with Crippen molar-refractivity contribution in [2.45, 2.75) is 12.8 Å². The van der Waals surface area contributed by atoms with E-state index >= 15 is 0 Å². The second-order valence-electron chi connectivity index (χ2n) is 5.09. The van der Waals surface area contributed by atoms with E-state index in [2.05, 4.69) is 0 Å². The number of ether oxygens (including phenoxy) is 1. The van der Waals surface area contributed by atoms with E-state index in [4.69, 9.17) is 14.9 Å². The van der Waals surface area contributed by atoms with Gasteiger partial charge in [0, 0.05) is 18.2 Å². The minimum atomic E-state index is -0.695. The summed E-state index contributed by atoms with van der Waals surface area (Å²) in [7, 11) is 0. The third-order valence-electron chi connectivity index (χ3n) is 3.40. The van der Waals surface area contributed by atoms with Crippen LogP contribution in [-0.2, 0) is 0 Å². The molecule has 118 valence electrons. The molecule has 0 bridgehead atoms. The van der Waals surface area contributed by atoms with Crippen LogP contribution in [0.2, 0.25) is 0 Å². The highest BCUT2D eigenvalue weighted by Crippen LogP contribution is 2.17. The van der Waals surface area contributed by atoms with Gasteiger partial charge in [0.2, 0.25) is 5.91 Å². The van der Waals surface area contributed by atoms with Gasteiger partial charge in [0.25, 0.3) is 0 Å². The molecule has 23 heavy (non-hydrogen) atoms. The van der Waals surface area contributed by atoms with Gasteiger partial charge in [-0.1, -0.05) is 18.2 Å². The van der Waals surface area contributed by atoms with Gasteiger partial charge in [-0.3, -0.25) is 4.79 Å². The van der Waals surface area contributed by atoms with Gasteiger partial charge in [-0.15, -0.1) is 0 Å². The summed E-state index contributed by atoms with van der Waals surface area (Å²) < 4.78 is 11.6. The number of carbonyl (C=O) groups is 1. The lowest BCUT2D eigenvalue weighted by molar-refractivity contribution is 0.0889. The van der Waals surface area contributed by atoms with Gasteiger partial charge in [0.1, 0.15) is 5.75 Å². The fourth-order valence-corrected chi connectivity index (χ4v) is 2.31. The average Bonchev–Trinajstić information content (AvgIpc) is 2.87. The molecule has 0 atom stereocenters. The van der Waals surface area contributed by atoms with Crippen molar-refractivity contribution in [2.75, 3.05) is 12.3 Å². The van der Waals surface area contributed by atoms with Crippen molar-refractivity contribution in [3.05, 3.63) is 59.1 Å². The Morgan fingerprint density at radius 1 is 1.17 bits per heavy atom. The number of aromatic nitrogens is 1. The lowest BCUT2D eigenvalue weighted by atomic mass is 10.2. The number of hydrogen-bond donors (Lipinski definition) is 1. The molecular formula is C17H16N2O4. The molecule has 6 heteroatoms. The summed E-state index contributed by atoms with van der Waals surface area (Å²) in [6.45, 7) is 0.396. The lowest BCUT2D eigenvalue weighted by Gasteiger charge is -2.05. The summed E-state index contributed by atoms with van der Waals surface area (Å²) in [4.78, 5) is 24.1. The molecule has 6 nitrogen and oxygen atoms in total. The maximum atomic E-state index is 12.3. The first-order chi connectivity index (χ1) is 11.1. The van der Waals surface area contributed by atoms with Crippen molar-refractivity contribution in [2.24, 2.45) is 0 Å². The number of nitrogens with two attached hydrogens (primary N) is 1. The van der Waals surface area contributed by atoms with Crippen LogP contribution in [0.4, 0.5) is 5.69 Å². The summed E-state index contributed by atoms with van der Waals surface area (Å²) in [5.41, 5.74) is 6.85. The second kappa shape index (κ2) is 6.39. The fourth-order valence-electron chi connectivity index (χ4n) is 2.31. The molecule has 1 heterocycles. The zero-order chi connectivity index (χ0) is 16.2. The van der Waals surface area contributed by atoms with E-state index in [0.29, 0.717) is 29.8 Å². The van der Waals surface area contributed by atoms with Crippen LogP contribution in [0, 0.1) is 0 Å². The highest BCUT2D eigenvalue weighted by atomic mass is 16.5. The van der Waals surface area contributed by atoms with Crippen LogP contribution in [0.15, 0.2) is 57.7 Å². The molecule has 0 saturated carbocycles. The Kier molecular flexibility index (Phi) is 4.14. The SMILES string of the molecule is Nc1ccc2c(c1)oc(=O)n2C(=O)CCCOc1ccccc1. The Morgan fingerprint density at radius 3 is 2.74 bits per heavy atom. The van der Waals surface area contributed by atoms with Gasteiger partial charge < -0.3 is 14.9 Å². The molecule has 0 spiro atoms. The monoisotopic (exact) mass is 312 g/mol. The minimum Gasteiger partial charge on any atom is -0.494 e. The van der Waals surface area contributed by atoms with Crippen molar-refractivity contribution < 1.29 is 13.9 Å². The van der Waals surface area contributed by atoms with Gasteiger partial charge in [0.05, 0.1) is 12.1 Å². The molecule has 3 aromatic rings. The zero-order valence-electron chi connectivity index (χ0n) is 12.4. The van der Waals surface area contributed by atoms with Crippen molar-refractivity contribution in [3.63, 3.8) is 0 Å². The molecule has 0 saturated heterocycles. The molecule has 0 radical (unpaired) electrons. The zero-order valence-corrected chi connectivity index (χ0v) is 12.4. The maximum absolute atomic E-state index is 12.3. The van der Waals surface area contributed by atoms with E-state index < -0.39 is 5.76 Å². The van der Waals surface area contributed by atoms with E-state index in [1.807, 2.05) is 30.3 Å². The predicted molar refractivity (Wildman–Crippen MR) is 86.7 cm³/mol. The Bertz CT molecular complexity index is 880. The van der Waals surface area contributed by atoms with Crippen LogP contribution >= 0.6 is 0 Å². The van der Waals surface area contributed by atoms with Crippen LogP contribution in [0.1, 0.15) is 17.6 Å². The van der Waals surface area contributed by atoms with Crippen LogP contribution in [0.5, 0.6) is 5.75 Å². The topological polar surface area (TPSA) is 87.5 Å². The predicted octanol–water partition coefficient (Wildman–Crippen LogP) is 2.68. The van der Waals surface area contributed by atoms with Crippen molar-refractivity contribution in [3.8, 4) is 5.75 Å². The van der Waals surface area contributed by atoms with E-state index in [-0.39, 0.29) is 12.3 Å². The highest BCUT2D eigenvalue weighted by Gasteiger charge is 2.15. The smallest absolute Gasteiger partial charge is 0.426 e. The Hall–Kier alpha value is -3.02. The highest BCUT2D eigenvalue weighted by molar-refractivity contribution is 5.90. The number of nitrogens with zero attached hydrogens (tertiary/aromatic N) is 1. The number of nitrogen functional groups attached to an aromatic ring is 1. The summed E-state index contributed by atoms with van der Waals surface area (Å²) in [5.74, 6) is -0.267. The van der Waals surface area contributed by atoms with Crippen LogP contribution in [0.25, 0.3) is 11.1 Å². The van der Waals surface area contributed by atoms with E-state index in [1.165, 1.54) is 6.07 Å². The van der Waals surface area contributed by atoms with Gasteiger partial charge in [-0.25, -0.2) is 9.36 Å². The van der Waals surface area contributed by atoms with E-state index in [0.717, 1.165) is 10.3 Å². The summed E-state index contributed by atoms with van der Waals surface area (Å²) in [6, 6.07) is 14.1. The van der Waals surface area contributed by atoms with Crippen LogP contribution in [0.3, 0.4) is 0 Å². The molecule has 0 aliphatic rings. The number of para-hydroxylation sites is 1. The third-order valence-corrected chi connectivity index (χ3v) is 3.40. The Morgan fingerprint density at radius 2 is 1.96 bits per heavy atom. The van der Waals surface area contributed by atoms with Crippen LogP contribution < -0.4 is 16.2 Å². The molecule has 0 fully saturated rings. The first-order valence-electron chi connectivity index (χ1n) is 7.27. The molecule has 2 aromatic carbocycles. The fraction of sp³-hybridized carbons (Fsp3) is 0.176. The number of rotatable bonds is 5. The average molecular weight is 312 g/mol. The van der Waals surface area contributed by atoms with E-state index in [1.54, 1.807) is 12.1 Å². The standard InChI is InChI=1S/C17H16N2O4/c18-12-8-9-14-15(11-12)23-17(21)19(14)16(20)7-4-10-22-13-5-2-1-3-6-13/h1-3,5-6,8-9,11H,4,7,10,18H2. The third kappa shape index (κ3) is 3.26. The van der Waals surface area contributed by atoms with Crippen molar-refractivity contribution in [1.82, 2.24) is 4.57 Å². The van der Waals surface area contributed by atoms with Gasteiger partial charge in [0.15, 0.2) is 5.58 Å².